The number of ether oxygens (including phenoxy) is 2. The van der Waals surface area contributed by atoms with Gasteiger partial charge in [0, 0.05) is 32.2 Å². The molecule has 1 aromatic heterocycles. The number of hydrogen-bond acceptors (Lipinski definition) is 3. The van der Waals surface area contributed by atoms with Gasteiger partial charge in [0.25, 0.3) is 0 Å². The summed E-state index contributed by atoms with van der Waals surface area (Å²) in [6.45, 7) is 2.57. The van der Waals surface area contributed by atoms with E-state index in [4.69, 9.17) is 9.47 Å². The second-order valence-electron chi connectivity index (χ2n) is 4.56. The van der Waals surface area contributed by atoms with Gasteiger partial charge in [0.15, 0.2) is 0 Å². The van der Waals surface area contributed by atoms with Crippen molar-refractivity contribution < 1.29 is 9.47 Å². The predicted molar refractivity (Wildman–Crippen MR) is 80.5 cm³/mol. The SMILES string of the molecule is COCCCNCc1cccn1-c1ccccc1OC. The van der Waals surface area contributed by atoms with E-state index in [1.54, 1.807) is 14.2 Å². The molecule has 0 atom stereocenters. The number of nitrogens with zero attached hydrogens (tertiary/aromatic N) is 1. The van der Waals surface area contributed by atoms with Gasteiger partial charge in [-0.15, -0.1) is 0 Å². The van der Waals surface area contributed by atoms with E-state index in [1.807, 2.05) is 18.2 Å². The molecule has 2 aromatic rings. The molecule has 0 bridgehead atoms. The molecular formula is C16H22N2O2. The molecule has 0 saturated carbocycles. The van der Waals surface area contributed by atoms with E-state index in [-0.39, 0.29) is 0 Å². The molecule has 0 amide bonds. The van der Waals surface area contributed by atoms with Gasteiger partial charge in [-0.25, -0.2) is 0 Å². The molecule has 0 aliphatic heterocycles. The molecule has 1 heterocycles. The first kappa shape index (κ1) is 14.6. The van der Waals surface area contributed by atoms with Crippen molar-refractivity contribution in [3.63, 3.8) is 0 Å². The second-order valence-corrected chi connectivity index (χ2v) is 4.56. The van der Waals surface area contributed by atoms with E-state index in [9.17, 15) is 0 Å². The van der Waals surface area contributed by atoms with Crippen LogP contribution in [0, 0.1) is 0 Å². The quantitative estimate of drug-likeness (QED) is 0.752. The molecule has 4 nitrogen and oxygen atoms in total. The minimum Gasteiger partial charge on any atom is -0.495 e. The summed E-state index contributed by atoms with van der Waals surface area (Å²) in [6, 6.07) is 12.2. The van der Waals surface area contributed by atoms with Gasteiger partial charge in [-0.05, 0) is 37.2 Å². The average Bonchev–Trinajstić information content (AvgIpc) is 2.95. The van der Waals surface area contributed by atoms with Crippen molar-refractivity contribution in [2.24, 2.45) is 0 Å². The number of benzene rings is 1. The van der Waals surface area contributed by atoms with Crippen molar-refractivity contribution in [3.05, 3.63) is 48.3 Å². The van der Waals surface area contributed by atoms with Crippen LogP contribution < -0.4 is 10.1 Å². The zero-order valence-electron chi connectivity index (χ0n) is 12.1. The number of aromatic nitrogens is 1. The lowest BCUT2D eigenvalue weighted by Gasteiger charge is -2.13. The highest BCUT2D eigenvalue weighted by molar-refractivity contribution is 5.48. The van der Waals surface area contributed by atoms with Gasteiger partial charge >= 0.3 is 0 Å². The number of methoxy groups -OCH3 is 2. The van der Waals surface area contributed by atoms with Crippen molar-refractivity contribution in [2.75, 3.05) is 27.4 Å². The molecule has 0 spiro atoms. The summed E-state index contributed by atoms with van der Waals surface area (Å²) in [6.07, 6.45) is 3.08. The third kappa shape index (κ3) is 3.62. The third-order valence-corrected chi connectivity index (χ3v) is 3.19. The Balaban J connectivity index is 2.04. The van der Waals surface area contributed by atoms with Gasteiger partial charge in [0.05, 0.1) is 12.8 Å². The van der Waals surface area contributed by atoms with Gasteiger partial charge < -0.3 is 19.4 Å². The summed E-state index contributed by atoms with van der Waals surface area (Å²) in [5, 5.41) is 3.43. The van der Waals surface area contributed by atoms with Crippen molar-refractivity contribution in [2.45, 2.75) is 13.0 Å². The Hall–Kier alpha value is -1.78. The fraction of sp³-hybridized carbons (Fsp3) is 0.375. The maximum Gasteiger partial charge on any atom is 0.142 e. The Morgan fingerprint density at radius 1 is 1.10 bits per heavy atom. The van der Waals surface area contributed by atoms with Crippen LogP contribution in [0.25, 0.3) is 5.69 Å². The molecule has 1 N–H and O–H groups in total. The standard InChI is InChI=1S/C16H22N2O2/c1-19-12-6-10-17-13-14-7-5-11-18(14)15-8-3-4-9-16(15)20-2/h3-5,7-9,11,17H,6,10,12-13H2,1-2H3. The Morgan fingerprint density at radius 3 is 2.75 bits per heavy atom. The maximum absolute atomic E-state index is 5.42. The van der Waals surface area contributed by atoms with Crippen molar-refractivity contribution in [3.8, 4) is 11.4 Å². The maximum atomic E-state index is 5.42. The smallest absolute Gasteiger partial charge is 0.142 e. The number of hydrogen-bond donors (Lipinski definition) is 1. The number of para-hydroxylation sites is 2. The summed E-state index contributed by atoms with van der Waals surface area (Å²) in [5.41, 5.74) is 2.28. The summed E-state index contributed by atoms with van der Waals surface area (Å²) in [4.78, 5) is 0. The van der Waals surface area contributed by atoms with E-state index in [0.717, 1.165) is 37.6 Å². The molecule has 0 aliphatic rings. The lowest BCUT2D eigenvalue weighted by Crippen LogP contribution is -2.18. The molecule has 1 aromatic carbocycles. The van der Waals surface area contributed by atoms with Crippen molar-refractivity contribution in [1.82, 2.24) is 9.88 Å². The molecule has 0 fully saturated rings. The molecule has 0 saturated heterocycles. The first-order chi connectivity index (χ1) is 9.86. The van der Waals surface area contributed by atoms with E-state index in [1.165, 1.54) is 5.69 Å². The van der Waals surface area contributed by atoms with Gasteiger partial charge in [-0.1, -0.05) is 12.1 Å². The van der Waals surface area contributed by atoms with Gasteiger partial charge in [-0.3, -0.25) is 0 Å². The van der Waals surface area contributed by atoms with Crippen LogP contribution in [-0.4, -0.2) is 31.9 Å². The van der Waals surface area contributed by atoms with Gasteiger partial charge in [-0.2, -0.15) is 0 Å². The molecule has 0 unspecified atom stereocenters. The van der Waals surface area contributed by atoms with Gasteiger partial charge in [0.1, 0.15) is 5.75 Å². The van der Waals surface area contributed by atoms with Crippen LogP contribution in [-0.2, 0) is 11.3 Å². The van der Waals surface area contributed by atoms with Crippen LogP contribution in [0.15, 0.2) is 42.6 Å². The minimum atomic E-state index is 0.792. The minimum absolute atomic E-state index is 0.792. The highest BCUT2D eigenvalue weighted by Crippen LogP contribution is 2.23. The largest absolute Gasteiger partial charge is 0.495 e. The first-order valence-corrected chi connectivity index (χ1v) is 6.86. The van der Waals surface area contributed by atoms with Crippen molar-refractivity contribution in [1.29, 1.82) is 0 Å². The zero-order valence-corrected chi connectivity index (χ0v) is 12.1. The van der Waals surface area contributed by atoms with E-state index >= 15 is 0 Å². The van der Waals surface area contributed by atoms with Crippen LogP contribution in [0.4, 0.5) is 0 Å². The second kappa shape index (κ2) is 7.72. The van der Waals surface area contributed by atoms with Gasteiger partial charge in [0.2, 0.25) is 0 Å². The summed E-state index contributed by atoms with van der Waals surface area (Å²) in [5.74, 6) is 0.879. The molecule has 0 aliphatic carbocycles. The molecule has 20 heavy (non-hydrogen) atoms. The Kier molecular flexibility index (Phi) is 5.65. The number of rotatable bonds is 8. The third-order valence-electron chi connectivity index (χ3n) is 3.19. The predicted octanol–water partition coefficient (Wildman–Crippen LogP) is 2.61. The van der Waals surface area contributed by atoms with Crippen molar-refractivity contribution >= 4 is 0 Å². The molecule has 108 valence electrons. The zero-order chi connectivity index (χ0) is 14.2. The summed E-state index contributed by atoms with van der Waals surface area (Å²) >= 11 is 0. The molecule has 4 heteroatoms. The fourth-order valence-corrected chi connectivity index (χ4v) is 2.18. The molecule has 2 rings (SSSR count). The Morgan fingerprint density at radius 2 is 1.95 bits per heavy atom. The summed E-state index contributed by atoms with van der Waals surface area (Å²) < 4.78 is 12.6. The Bertz CT molecular complexity index is 523. The lowest BCUT2D eigenvalue weighted by molar-refractivity contribution is 0.194. The van der Waals surface area contributed by atoms with E-state index in [2.05, 4.69) is 34.3 Å². The van der Waals surface area contributed by atoms with Crippen LogP contribution in [0.2, 0.25) is 0 Å². The highest BCUT2D eigenvalue weighted by atomic mass is 16.5. The normalized spacial score (nSPS) is 10.7. The van der Waals surface area contributed by atoms with Crippen LogP contribution in [0.1, 0.15) is 12.1 Å². The van der Waals surface area contributed by atoms with Crippen LogP contribution in [0.5, 0.6) is 5.75 Å². The average molecular weight is 274 g/mol. The topological polar surface area (TPSA) is 35.4 Å². The lowest BCUT2D eigenvalue weighted by atomic mass is 10.2. The van der Waals surface area contributed by atoms with E-state index < -0.39 is 0 Å². The fourth-order valence-electron chi connectivity index (χ4n) is 2.18. The highest BCUT2D eigenvalue weighted by Gasteiger charge is 2.07. The van der Waals surface area contributed by atoms with Crippen LogP contribution >= 0.6 is 0 Å². The first-order valence-electron chi connectivity index (χ1n) is 6.86. The van der Waals surface area contributed by atoms with Crippen LogP contribution in [0.3, 0.4) is 0 Å². The Labute approximate surface area is 120 Å². The number of nitrogens with one attached hydrogen (secondary N) is 1. The molecule has 0 radical (unpaired) electrons. The monoisotopic (exact) mass is 274 g/mol. The molecular weight excluding hydrogens is 252 g/mol. The van der Waals surface area contributed by atoms with E-state index in [0.29, 0.717) is 0 Å². The summed E-state index contributed by atoms with van der Waals surface area (Å²) in [7, 11) is 3.43.